The molecule has 106 valence electrons. The van der Waals surface area contributed by atoms with Crippen LogP contribution >= 0.6 is 11.3 Å². The maximum atomic E-state index is 11.8. The monoisotopic (exact) mass is 286 g/mol. The van der Waals surface area contributed by atoms with Crippen LogP contribution in [0.1, 0.15) is 4.88 Å². The number of nitrogens with zero attached hydrogens (tertiary/aromatic N) is 1. The van der Waals surface area contributed by atoms with Crippen molar-refractivity contribution in [3.05, 3.63) is 22.4 Å². The lowest BCUT2D eigenvalue weighted by Crippen LogP contribution is -2.49. The third-order valence-electron chi connectivity index (χ3n) is 2.55. The van der Waals surface area contributed by atoms with Crippen molar-refractivity contribution in [3.63, 3.8) is 0 Å². The summed E-state index contributed by atoms with van der Waals surface area (Å²) in [5, 5.41) is 13.3. The van der Waals surface area contributed by atoms with Gasteiger partial charge in [-0.15, -0.1) is 11.3 Å². The lowest BCUT2D eigenvalue weighted by molar-refractivity contribution is -0.140. The number of hydrogen-bond acceptors (Lipinski definition) is 4. The summed E-state index contributed by atoms with van der Waals surface area (Å²) in [5.41, 5.74) is 0. The molecule has 2 N–H and O–H groups in total. The Kier molecular flexibility index (Phi) is 6.31. The minimum Gasteiger partial charge on any atom is -0.480 e. The van der Waals surface area contributed by atoms with Gasteiger partial charge in [0.2, 0.25) is 0 Å². The van der Waals surface area contributed by atoms with Crippen LogP contribution in [0.5, 0.6) is 0 Å². The maximum absolute atomic E-state index is 11.8. The first-order valence-electron chi connectivity index (χ1n) is 5.80. The third-order valence-corrected chi connectivity index (χ3v) is 3.49. The Bertz CT molecular complexity index is 408. The van der Waals surface area contributed by atoms with Gasteiger partial charge in [-0.2, -0.15) is 0 Å². The Morgan fingerprint density at radius 3 is 2.84 bits per heavy atom. The summed E-state index contributed by atoms with van der Waals surface area (Å²) in [5.74, 6) is -1.11. The topological polar surface area (TPSA) is 78.9 Å². The second kappa shape index (κ2) is 7.75. The largest absolute Gasteiger partial charge is 0.480 e. The molecule has 7 heteroatoms. The summed E-state index contributed by atoms with van der Waals surface area (Å²) in [6.45, 7) is 0.478. The number of hydrogen-bond donors (Lipinski definition) is 2. The zero-order chi connectivity index (χ0) is 14.3. The number of carboxylic acid groups (broad SMARTS) is 1. The molecular formula is C12H18N2O4S. The summed E-state index contributed by atoms with van der Waals surface area (Å²) in [6.07, 6.45) is 0.754. The predicted octanol–water partition coefficient (Wildman–Crippen LogP) is 1.03. The number of urea groups is 1. The highest BCUT2D eigenvalue weighted by atomic mass is 32.1. The first-order chi connectivity index (χ1) is 9.04. The van der Waals surface area contributed by atoms with Crippen LogP contribution in [0.25, 0.3) is 0 Å². The fourth-order valence-electron chi connectivity index (χ4n) is 1.43. The van der Waals surface area contributed by atoms with Crippen LogP contribution in [0.15, 0.2) is 17.5 Å². The Hall–Kier alpha value is -1.60. The fraction of sp³-hybridized carbons (Fsp3) is 0.500. The molecule has 0 fully saturated rings. The molecule has 1 rings (SSSR count). The van der Waals surface area contributed by atoms with E-state index < -0.39 is 18.0 Å². The van der Waals surface area contributed by atoms with Gasteiger partial charge in [0.1, 0.15) is 0 Å². The highest BCUT2D eigenvalue weighted by Gasteiger charge is 2.21. The minimum absolute atomic E-state index is 0.0557. The number of likely N-dealkylation sites (N-methyl/N-ethyl adjacent to an activating group) is 1. The van der Waals surface area contributed by atoms with Gasteiger partial charge in [0, 0.05) is 25.6 Å². The highest BCUT2D eigenvalue weighted by molar-refractivity contribution is 7.09. The molecule has 0 bridgehead atoms. The average molecular weight is 286 g/mol. The maximum Gasteiger partial charge on any atom is 0.328 e. The number of carbonyl (C=O) groups excluding carboxylic acids is 1. The van der Waals surface area contributed by atoms with Gasteiger partial charge in [0.25, 0.3) is 0 Å². The van der Waals surface area contributed by atoms with Crippen LogP contribution in [0.3, 0.4) is 0 Å². The zero-order valence-corrected chi connectivity index (χ0v) is 11.8. The van der Waals surface area contributed by atoms with Gasteiger partial charge in [-0.25, -0.2) is 9.59 Å². The van der Waals surface area contributed by atoms with Crippen molar-refractivity contribution in [1.82, 2.24) is 10.2 Å². The Morgan fingerprint density at radius 1 is 1.58 bits per heavy atom. The molecule has 0 saturated heterocycles. The van der Waals surface area contributed by atoms with Crippen molar-refractivity contribution < 1.29 is 19.4 Å². The lowest BCUT2D eigenvalue weighted by atomic mass is 10.3. The fourth-order valence-corrected chi connectivity index (χ4v) is 2.13. The van der Waals surface area contributed by atoms with E-state index in [1.165, 1.54) is 16.9 Å². The number of carboxylic acids is 1. The van der Waals surface area contributed by atoms with Crippen molar-refractivity contribution in [2.75, 3.05) is 27.3 Å². The molecule has 1 aromatic heterocycles. The Morgan fingerprint density at radius 2 is 2.32 bits per heavy atom. The van der Waals surface area contributed by atoms with Gasteiger partial charge in [-0.05, 0) is 17.9 Å². The van der Waals surface area contributed by atoms with Gasteiger partial charge >= 0.3 is 12.0 Å². The number of aliphatic carboxylic acids is 1. The van der Waals surface area contributed by atoms with Crippen molar-refractivity contribution in [2.45, 2.75) is 12.5 Å². The predicted molar refractivity (Wildman–Crippen MR) is 72.5 cm³/mol. The quantitative estimate of drug-likeness (QED) is 0.784. The first kappa shape index (κ1) is 15.5. The van der Waals surface area contributed by atoms with E-state index in [0.29, 0.717) is 6.54 Å². The Labute approximate surface area is 116 Å². The van der Waals surface area contributed by atoms with Crippen molar-refractivity contribution in [3.8, 4) is 0 Å². The molecule has 1 atom stereocenters. The standard InChI is InChI=1S/C12H18N2O4S/c1-14(6-5-9-4-3-7-19-9)12(17)13-10(8-18-2)11(15)16/h3-4,7,10H,5-6,8H2,1-2H3,(H,13,17)(H,15,16). The lowest BCUT2D eigenvalue weighted by Gasteiger charge is -2.20. The molecule has 1 aromatic rings. The van der Waals surface area contributed by atoms with Gasteiger partial charge in [0.05, 0.1) is 6.61 Å². The molecule has 0 aliphatic heterocycles. The average Bonchev–Trinajstić information content (AvgIpc) is 2.88. The molecule has 0 spiro atoms. The van der Waals surface area contributed by atoms with Crippen molar-refractivity contribution in [1.29, 1.82) is 0 Å². The van der Waals surface area contributed by atoms with Gasteiger partial charge in [-0.3, -0.25) is 0 Å². The number of methoxy groups -OCH3 is 1. The number of rotatable bonds is 7. The van der Waals surface area contributed by atoms with Gasteiger partial charge < -0.3 is 20.1 Å². The van der Waals surface area contributed by atoms with E-state index in [1.54, 1.807) is 18.4 Å². The van der Waals surface area contributed by atoms with Crippen LogP contribution in [0.4, 0.5) is 4.79 Å². The van der Waals surface area contributed by atoms with E-state index in [9.17, 15) is 9.59 Å². The molecule has 19 heavy (non-hydrogen) atoms. The molecule has 2 amide bonds. The summed E-state index contributed by atoms with van der Waals surface area (Å²) in [4.78, 5) is 25.3. The van der Waals surface area contributed by atoms with E-state index in [0.717, 1.165) is 6.42 Å². The van der Waals surface area contributed by atoms with E-state index in [2.05, 4.69) is 5.32 Å². The van der Waals surface area contributed by atoms with E-state index in [1.807, 2.05) is 17.5 Å². The molecule has 6 nitrogen and oxygen atoms in total. The third kappa shape index (κ3) is 5.27. The smallest absolute Gasteiger partial charge is 0.328 e. The second-order valence-electron chi connectivity index (χ2n) is 4.05. The normalized spacial score (nSPS) is 11.9. The molecule has 0 saturated carbocycles. The number of carbonyl (C=O) groups is 2. The van der Waals surface area contributed by atoms with E-state index >= 15 is 0 Å². The van der Waals surface area contributed by atoms with Crippen LogP contribution in [-0.2, 0) is 16.0 Å². The van der Waals surface area contributed by atoms with Gasteiger partial charge in [-0.1, -0.05) is 6.07 Å². The summed E-state index contributed by atoms with van der Waals surface area (Å²) >= 11 is 1.63. The molecule has 0 aliphatic carbocycles. The summed E-state index contributed by atoms with van der Waals surface area (Å²) in [7, 11) is 3.03. The zero-order valence-electron chi connectivity index (χ0n) is 11.0. The molecular weight excluding hydrogens is 268 g/mol. The molecule has 0 radical (unpaired) electrons. The van der Waals surface area contributed by atoms with Crippen LogP contribution in [0.2, 0.25) is 0 Å². The van der Waals surface area contributed by atoms with Crippen molar-refractivity contribution >= 4 is 23.3 Å². The van der Waals surface area contributed by atoms with E-state index in [4.69, 9.17) is 9.84 Å². The molecule has 0 aliphatic rings. The van der Waals surface area contributed by atoms with Gasteiger partial charge in [0.15, 0.2) is 6.04 Å². The molecule has 1 unspecified atom stereocenters. The van der Waals surface area contributed by atoms with Crippen LogP contribution in [-0.4, -0.2) is 55.4 Å². The number of amides is 2. The molecule has 1 heterocycles. The summed E-state index contributed by atoms with van der Waals surface area (Å²) in [6, 6.07) is 2.52. The highest BCUT2D eigenvalue weighted by Crippen LogP contribution is 2.09. The SMILES string of the molecule is COCC(NC(=O)N(C)CCc1cccs1)C(=O)O. The minimum atomic E-state index is -1.11. The molecule has 0 aromatic carbocycles. The number of thiophene rings is 1. The Balaban J connectivity index is 2.40. The van der Waals surface area contributed by atoms with Crippen LogP contribution in [0, 0.1) is 0 Å². The second-order valence-corrected chi connectivity index (χ2v) is 5.08. The number of nitrogens with one attached hydrogen (secondary N) is 1. The number of ether oxygens (including phenoxy) is 1. The van der Waals surface area contributed by atoms with E-state index in [-0.39, 0.29) is 6.61 Å². The first-order valence-corrected chi connectivity index (χ1v) is 6.68. The van der Waals surface area contributed by atoms with Crippen LogP contribution < -0.4 is 5.32 Å². The summed E-state index contributed by atoms with van der Waals surface area (Å²) < 4.78 is 4.75. The van der Waals surface area contributed by atoms with Crippen molar-refractivity contribution in [2.24, 2.45) is 0 Å².